The smallest absolute Gasteiger partial charge is 0.359 e. The summed E-state index contributed by atoms with van der Waals surface area (Å²) >= 11 is 1.32. The van der Waals surface area contributed by atoms with Crippen LogP contribution in [0.25, 0.3) is 27.5 Å². The summed E-state index contributed by atoms with van der Waals surface area (Å²) in [6, 6.07) is 19.6. The zero-order valence-corrected chi connectivity index (χ0v) is 19.5. The molecular formula is C25H18F3N5O2S. The van der Waals surface area contributed by atoms with E-state index in [0.717, 1.165) is 11.6 Å². The number of aryl methyl sites for hydroxylation is 1. The molecule has 0 aliphatic heterocycles. The van der Waals surface area contributed by atoms with Crippen molar-refractivity contribution in [2.45, 2.75) is 13.1 Å². The number of alkyl halides is 3. The average Bonchev–Trinajstić information content (AvgIpc) is 3.60. The van der Waals surface area contributed by atoms with E-state index in [1.54, 1.807) is 48.7 Å². The Morgan fingerprint density at radius 1 is 1.00 bits per heavy atom. The summed E-state index contributed by atoms with van der Waals surface area (Å²) in [5, 5.41) is 15.1. The number of aromatic nitrogens is 3. The highest BCUT2D eigenvalue weighted by atomic mass is 32.1. The average molecular weight is 510 g/mol. The molecule has 0 bridgehead atoms. The predicted molar refractivity (Wildman–Crippen MR) is 131 cm³/mol. The standard InChI is InChI=1S/C25H18F3N5O2S/c1-15-22(23(32-35-15)16-6-3-2-4-7-16)30-24(34)29-17-9-11-18(12-10-17)33-19(20-8-5-13-36-20)14-21(31-33)25(26,27)28/h2-14H,1H3,(H2,29,30,34). The van der Waals surface area contributed by atoms with Gasteiger partial charge in [0.05, 0.1) is 16.3 Å². The van der Waals surface area contributed by atoms with Gasteiger partial charge >= 0.3 is 12.2 Å². The Morgan fingerprint density at radius 3 is 2.42 bits per heavy atom. The number of nitrogens with zero attached hydrogens (tertiary/aromatic N) is 3. The van der Waals surface area contributed by atoms with E-state index in [4.69, 9.17) is 4.52 Å². The maximum atomic E-state index is 13.3. The van der Waals surface area contributed by atoms with Crippen LogP contribution in [-0.4, -0.2) is 21.0 Å². The molecule has 2 aromatic carbocycles. The lowest BCUT2D eigenvalue weighted by Crippen LogP contribution is -2.20. The second-order valence-electron chi connectivity index (χ2n) is 7.76. The minimum atomic E-state index is -4.57. The van der Waals surface area contributed by atoms with Crippen LogP contribution in [0.1, 0.15) is 11.5 Å². The first-order valence-corrected chi connectivity index (χ1v) is 11.6. The van der Waals surface area contributed by atoms with Crippen molar-refractivity contribution in [3.63, 3.8) is 0 Å². The van der Waals surface area contributed by atoms with E-state index in [9.17, 15) is 18.0 Å². The van der Waals surface area contributed by atoms with Gasteiger partial charge in [0.25, 0.3) is 0 Å². The minimum absolute atomic E-state index is 0.326. The van der Waals surface area contributed by atoms with E-state index in [1.807, 2.05) is 30.3 Å². The molecule has 11 heteroatoms. The predicted octanol–water partition coefficient (Wildman–Crippen LogP) is 7.23. The van der Waals surface area contributed by atoms with Gasteiger partial charge in [-0.3, -0.25) is 0 Å². The number of rotatable bonds is 5. The Hall–Kier alpha value is -4.38. The SMILES string of the molecule is Cc1onc(-c2ccccc2)c1NC(=O)Nc1ccc(-n2nc(C(F)(F)F)cc2-c2cccs2)cc1. The molecule has 0 atom stereocenters. The lowest BCUT2D eigenvalue weighted by molar-refractivity contribution is -0.141. The van der Waals surface area contributed by atoms with E-state index in [2.05, 4.69) is 20.9 Å². The largest absolute Gasteiger partial charge is 0.435 e. The molecule has 5 rings (SSSR count). The molecular weight excluding hydrogens is 491 g/mol. The molecule has 0 aliphatic rings. The van der Waals surface area contributed by atoms with Crippen molar-refractivity contribution in [1.82, 2.24) is 14.9 Å². The third-order valence-electron chi connectivity index (χ3n) is 5.29. The Labute approximate surface area is 207 Å². The zero-order valence-electron chi connectivity index (χ0n) is 18.7. The maximum Gasteiger partial charge on any atom is 0.435 e. The second-order valence-corrected chi connectivity index (χ2v) is 8.70. The molecule has 0 aliphatic carbocycles. The molecule has 0 radical (unpaired) electrons. The molecule has 182 valence electrons. The van der Waals surface area contributed by atoms with Crippen LogP contribution in [-0.2, 0) is 6.18 Å². The van der Waals surface area contributed by atoms with Crippen molar-refractivity contribution < 1.29 is 22.5 Å². The maximum absolute atomic E-state index is 13.3. The van der Waals surface area contributed by atoms with Gasteiger partial charge in [-0.15, -0.1) is 11.3 Å². The lowest BCUT2D eigenvalue weighted by atomic mass is 10.1. The Bertz CT molecular complexity index is 1490. The van der Waals surface area contributed by atoms with Crippen molar-refractivity contribution in [2.75, 3.05) is 10.6 Å². The van der Waals surface area contributed by atoms with Crippen molar-refractivity contribution in [3.05, 3.63) is 89.6 Å². The van der Waals surface area contributed by atoms with E-state index in [0.29, 0.717) is 39.1 Å². The molecule has 0 saturated carbocycles. The van der Waals surface area contributed by atoms with E-state index < -0.39 is 17.9 Å². The number of thiophene rings is 1. The van der Waals surface area contributed by atoms with Crippen molar-refractivity contribution >= 4 is 28.7 Å². The van der Waals surface area contributed by atoms with Gasteiger partial charge in [-0.2, -0.15) is 18.3 Å². The molecule has 3 heterocycles. The molecule has 7 nitrogen and oxygen atoms in total. The number of urea groups is 1. The monoisotopic (exact) mass is 509 g/mol. The van der Waals surface area contributed by atoms with Crippen LogP contribution in [0.2, 0.25) is 0 Å². The van der Waals surface area contributed by atoms with Crippen molar-refractivity contribution in [1.29, 1.82) is 0 Å². The van der Waals surface area contributed by atoms with Crippen LogP contribution in [0.5, 0.6) is 0 Å². The molecule has 2 amide bonds. The third kappa shape index (κ3) is 4.73. The van der Waals surface area contributed by atoms with Crippen LogP contribution >= 0.6 is 11.3 Å². The fourth-order valence-corrected chi connectivity index (χ4v) is 4.32. The van der Waals surface area contributed by atoms with Crippen LogP contribution in [0, 0.1) is 6.92 Å². The number of amides is 2. The fourth-order valence-electron chi connectivity index (χ4n) is 3.59. The van der Waals surface area contributed by atoms with E-state index >= 15 is 0 Å². The van der Waals surface area contributed by atoms with Crippen LogP contribution in [0.4, 0.5) is 29.3 Å². The van der Waals surface area contributed by atoms with E-state index in [1.165, 1.54) is 16.0 Å². The first-order chi connectivity index (χ1) is 17.3. The summed E-state index contributed by atoms with van der Waals surface area (Å²) in [4.78, 5) is 13.3. The molecule has 0 saturated heterocycles. The molecule has 0 spiro atoms. The quantitative estimate of drug-likeness (QED) is 0.262. The number of carbonyl (C=O) groups excluding carboxylic acids is 1. The number of hydrogen-bond donors (Lipinski definition) is 2. The van der Waals surface area contributed by atoms with Gasteiger partial charge in [-0.1, -0.05) is 41.6 Å². The van der Waals surface area contributed by atoms with E-state index in [-0.39, 0.29) is 0 Å². The first-order valence-electron chi connectivity index (χ1n) is 10.7. The number of halogens is 3. The highest BCUT2D eigenvalue weighted by Gasteiger charge is 2.35. The second kappa shape index (κ2) is 9.34. The summed E-state index contributed by atoms with van der Waals surface area (Å²) in [6.07, 6.45) is -4.57. The normalized spacial score (nSPS) is 11.4. The van der Waals surface area contributed by atoms with Gasteiger partial charge in [-0.05, 0) is 48.7 Å². The fraction of sp³-hybridized carbons (Fsp3) is 0.0800. The van der Waals surface area contributed by atoms with Crippen molar-refractivity contribution in [3.8, 4) is 27.5 Å². The molecule has 5 aromatic rings. The van der Waals surface area contributed by atoms with Gasteiger partial charge in [0.1, 0.15) is 11.4 Å². The first kappa shape index (κ1) is 23.4. The molecule has 3 aromatic heterocycles. The lowest BCUT2D eigenvalue weighted by Gasteiger charge is -2.10. The molecule has 0 unspecified atom stereocenters. The Balaban J connectivity index is 1.36. The Kier molecular flexibility index (Phi) is 6.06. The number of anilines is 2. The number of benzene rings is 2. The number of nitrogens with one attached hydrogen (secondary N) is 2. The van der Waals surface area contributed by atoms with Gasteiger partial charge in [0.2, 0.25) is 0 Å². The Morgan fingerprint density at radius 2 is 1.75 bits per heavy atom. The minimum Gasteiger partial charge on any atom is -0.359 e. The topological polar surface area (TPSA) is 85.0 Å². The number of hydrogen-bond acceptors (Lipinski definition) is 5. The zero-order chi connectivity index (χ0) is 25.3. The van der Waals surface area contributed by atoms with Crippen LogP contribution in [0.15, 0.2) is 82.7 Å². The summed E-state index contributed by atoms with van der Waals surface area (Å²) in [5.41, 5.74) is 1.92. The molecule has 2 N–H and O–H groups in total. The van der Waals surface area contributed by atoms with Gasteiger partial charge in [0, 0.05) is 11.3 Å². The van der Waals surface area contributed by atoms with Crippen LogP contribution < -0.4 is 10.6 Å². The third-order valence-corrected chi connectivity index (χ3v) is 6.18. The van der Waals surface area contributed by atoms with Gasteiger partial charge in [-0.25, -0.2) is 9.48 Å². The summed E-state index contributed by atoms with van der Waals surface area (Å²) < 4.78 is 46.5. The van der Waals surface area contributed by atoms with Crippen LogP contribution in [0.3, 0.4) is 0 Å². The highest BCUT2D eigenvalue weighted by molar-refractivity contribution is 7.13. The summed E-state index contributed by atoms with van der Waals surface area (Å²) in [7, 11) is 0. The highest BCUT2D eigenvalue weighted by Crippen LogP contribution is 2.35. The summed E-state index contributed by atoms with van der Waals surface area (Å²) in [5.74, 6) is 0.444. The summed E-state index contributed by atoms with van der Waals surface area (Å²) in [6.45, 7) is 1.69. The van der Waals surface area contributed by atoms with Crippen molar-refractivity contribution in [2.24, 2.45) is 0 Å². The van der Waals surface area contributed by atoms with Gasteiger partial charge < -0.3 is 15.2 Å². The molecule has 36 heavy (non-hydrogen) atoms. The van der Waals surface area contributed by atoms with Gasteiger partial charge in [0.15, 0.2) is 11.5 Å². The molecule has 0 fully saturated rings. The number of carbonyl (C=O) groups is 1.